The molecular weight excluding hydrogens is 264 g/mol. The summed E-state index contributed by atoms with van der Waals surface area (Å²) in [5.41, 5.74) is 1.30. The maximum Gasteiger partial charge on any atom is 0.223 e. The first kappa shape index (κ1) is 14.5. The molecule has 114 valence electrons. The first-order valence-electron chi connectivity index (χ1n) is 8.03. The fraction of sp³-hybridized carbons (Fsp3) is 0.588. The summed E-state index contributed by atoms with van der Waals surface area (Å²) in [6.45, 7) is 5.76. The quantitative estimate of drug-likeness (QED) is 0.832. The van der Waals surface area contributed by atoms with Gasteiger partial charge in [0.05, 0.1) is 19.3 Å². The topological polar surface area (TPSA) is 42.8 Å². The van der Waals surface area contributed by atoms with Crippen LogP contribution in [0.1, 0.15) is 31.4 Å². The molecule has 1 amide bonds. The van der Waals surface area contributed by atoms with Crippen molar-refractivity contribution in [1.29, 1.82) is 0 Å². The zero-order valence-electron chi connectivity index (χ0n) is 12.7. The van der Waals surface area contributed by atoms with Gasteiger partial charge in [-0.25, -0.2) is 0 Å². The lowest BCUT2D eigenvalue weighted by atomic mass is 9.98. The summed E-state index contributed by atoms with van der Waals surface area (Å²) in [6.07, 6.45) is 2.11. The lowest BCUT2D eigenvalue weighted by Crippen LogP contribution is -3.15. The number of hydrogen-bond donors (Lipinski definition) is 2. The van der Waals surface area contributed by atoms with Crippen LogP contribution in [0, 0.1) is 5.92 Å². The molecule has 2 N–H and O–H groups in total. The van der Waals surface area contributed by atoms with Crippen molar-refractivity contribution >= 4 is 5.91 Å². The minimum Gasteiger partial charge on any atom is -0.370 e. The smallest absolute Gasteiger partial charge is 0.223 e. The predicted molar refractivity (Wildman–Crippen MR) is 81.0 cm³/mol. The van der Waals surface area contributed by atoms with Crippen LogP contribution in [0.3, 0.4) is 0 Å². The van der Waals surface area contributed by atoms with Gasteiger partial charge in [0.1, 0.15) is 19.1 Å². The number of carbonyl (C=O) groups excluding carboxylic acids is 1. The number of benzene rings is 1. The van der Waals surface area contributed by atoms with Crippen LogP contribution in [-0.2, 0) is 9.53 Å². The van der Waals surface area contributed by atoms with Gasteiger partial charge in [-0.05, 0) is 19.8 Å². The first-order valence-corrected chi connectivity index (χ1v) is 8.03. The maximum absolute atomic E-state index is 12.1. The van der Waals surface area contributed by atoms with Crippen molar-refractivity contribution in [3.05, 3.63) is 35.9 Å². The van der Waals surface area contributed by atoms with Crippen molar-refractivity contribution in [1.82, 2.24) is 5.32 Å². The van der Waals surface area contributed by atoms with Crippen LogP contribution < -0.4 is 10.2 Å². The van der Waals surface area contributed by atoms with Gasteiger partial charge in [0, 0.05) is 11.5 Å². The Labute approximate surface area is 126 Å². The second-order valence-corrected chi connectivity index (χ2v) is 6.23. The van der Waals surface area contributed by atoms with Crippen molar-refractivity contribution in [2.45, 2.75) is 31.8 Å². The third-order valence-electron chi connectivity index (χ3n) is 4.55. The largest absolute Gasteiger partial charge is 0.370 e. The molecule has 1 saturated carbocycles. The minimum atomic E-state index is 0.147. The molecule has 1 aromatic carbocycles. The van der Waals surface area contributed by atoms with E-state index in [1.807, 2.05) is 6.07 Å². The average molecular weight is 289 g/mol. The minimum absolute atomic E-state index is 0.147. The van der Waals surface area contributed by atoms with Crippen molar-refractivity contribution in [2.24, 2.45) is 5.92 Å². The summed E-state index contributed by atoms with van der Waals surface area (Å²) < 4.78 is 5.49. The second kappa shape index (κ2) is 6.58. The molecular formula is C17H25N2O2+. The molecule has 0 unspecified atom stereocenters. The summed E-state index contributed by atoms with van der Waals surface area (Å²) in [5.74, 6) is 0.500. The van der Waals surface area contributed by atoms with E-state index in [0.29, 0.717) is 6.04 Å². The van der Waals surface area contributed by atoms with E-state index in [1.165, 1.54) is 10.5 Å². The molecule has 0 radical (unpaired) electrons. The predicted octanol–water partition coefficient (Wildman–Crippen LogP) is 0.558. The fourth-order valence-corrected chi connectivity index (χ4v) is 3.25. The number of ether oxygens (including phenoxy) is 1. The SMILES string of the molecule is C[C@H](NC(=O)C1CC1)[C@H](c1ccccc1)[NH+]1CCOCC1. The van der Waals surface area contributed by atoms with Gasteiger partial charge >= 0.3 is 0 Å². The number of carbonyl (C=O) groups is 1. The van der Waals surface area contributed by atoms with Gasteiger partial charge in [-0.2, -0.15) is 0 Å². The van der Waals surface area contributed by atoms with Gasteiger partial charge < -0.3 is 15.0 Å². The lowest BCUT2D eigenvalue weighted by Gasteiger charge is -2.35. The van der Waals surface area contributed by atoms with Crippen molar-refractivity contribution in [2.75, 3.05) is 26.3 Å². The number of rotatable bonds is 5. The second-order valence-electron chi connectivity index (χ2n) is 6.23. The normalized spacial score (nSPS) is 22.5. The third-order valence-corrected chi connectivity index (χ3v) is 4.55. The molecule has 1 heterocycles. The number of amides is 1. The summed E-state index contributed by atoms with van der Waals surface area (Å²) in [7, 11) is 0. The molecule has 1 saturated heterocycles. The highest BCUT2D eigenvalue weighted by molar-refractivity contribution is 5.81. The first-order chi connectivity index (χ1) is 10.3. The molecule has 4 heteroatoms. The summed E-state index contributed by atoms with van der Waals surface area (Å²) in [6, 6.07) is 11.0. The molecule has 3 rings (SSSR count). The van der Waals surface area contributed by atoms with E-state index < -0.39 is 0 Å². The van der Waals surface area contributed by atoms with Crippen molar-refractivity contribution < 1.29 is 14.4 Å². The molecule has 2 aliphatic rings. The van der Waals surface area contributed by atoms with Gasteiger partial charge in [-0.15, -0.1) is 0 Å². The molecule has 0 spiro atoms. The highest BCUT2D eigenvalue weighted by Crippen LogP contribution is 2.29. The zero-order chi connectivity index (χ0) is 14.7. The summed E-state index contributed by atoms with van der Waals surface area (Å²) in [5, 5.41) is 3.24. The number of quaternary nitrogens is 1. The van der Waals surface area contributed by atoms with Crippen LogP contribution in [0.5, 0.6) is 0 Å². The zero-order valence-corrected chi connectivity index (χ0v) is 12.7. The molecule has 2 atom stereocenters. The summed E-state index contributed by atoms with van der Waals surface area (Å²) >= 11 is 0. The highest BCUT2D eigenvalue weighted by atomic mass is 16.5. The number of morpholine rings is 1. The van der Waals surface area contributed by atoms with Gasteiger partial charge in [0.25, 0.3) is 0 Å². The summed E-state index contributed by atoms with van der Waals surface area (Å²) in [4.78, 5) is 13.6. The average Bonchev–Trinajstić information content (AvgIpc) is 3.34. The van der Waals surface area contributed by atoms with E-state index >= 15 is 0 Å². The standard InChI is InChI=1S/C17H24N2O2/c1-13(18-17(20)15-7-8-15)16(14-5-3-2-4-6-14)19-9-11-21-12-10-19/h2-6,13,15-16H,7-12H2,1H3,(H,18,20)/p+1/t13-,16+/m0/s1. The van der Waals surface area contributed by atoms with Crippen LogP contribution in [0.2, 0.25) is 0 Å². The van der Waals surface area contributed by atoms with Crippen LogP contribution in [-0.4, -0.2) is 38.3 Å². The Morgan fingerprint density at radius 3 is 2.52 bits per heavy atom. The number of hydrogen-bond acceptors (Lipinski definition) is 2. The Kier molecular flexibility index (Phi) is 4.56. The van der Waals surface area contributed by atoms with Crippen molar-refractivity contribution in [3.8, 4) is 0 Å². The Bertz CT molecular complexity index is 467. The van der Waals surface area contributed by atoms with Crippen molar-refractivity contribution in [3.63, 3.8) is 0 Å². The third kappa shape index (κ3) is 3.63. The van der Waals surface area contributed by atoms with E-state index in [1.54, 1.807) is 0 Å². The molecule has 1 aromatic rings. The van der Waals surface area contributed by atoms with E-state index in [-0.39, 0.29) is 17.9 Å². The van der Waals surface area contributed by atoms with Gasteiger partial charge in [0.2, 0.25) is 5.91 Å². The van der Waals surface area contributed by atoms with E-state index in [0.717, 1.165) is 39.1 Å². The lowest BCUT2D eigenvalue weighted by molar-refractivity contribution is -0.940. The molecule has 1 aliphatic carbocycles. The molecule has 0 aromatic heterocycles. The Morgan fingerprint density at radius 1 is 1.24 bits per heavy atom. The molecule has 21 heavy (non-hydrogen) atoms. The van der Waals surface area contributed by atoms with E-state index in [9.17, 15) is 4.79 Å². The van der Waals surface area contributed by atoms with Crippen LogP contribution in [0.15, 0.2) is 30.3 Å². The van der Waals surface area contributed by atoms with Crippen LogP contribution in [0.4, 0.5) is 0 Å². The Balaban J connectivity index is 1.75. The van der Waals surface area contributed by atoms with Gasteiger partial charge in [-0.1, -0.05) is 30.3 Å². The van der Waals surface area contributed by atoms with Gasteiger partial charge in [0.15, 0.2) is 0 Å². The molecule has 2 fully saturated rings. The molecule has 0 bridgehead atoms. The monoisotopic (exact) mass is 289 g/mol. The van der Waals surface area contributed by atoms with Gasteiger partial charge in [-0.3, -0.25) is 4.79 Å². The van der Waals surface area contributed by atoms with Crippen LogP contribution >= 0.6 is 0 Å². The van der Waals surface area contributed by atoms with E-state index in [2.05, 4.69) is 36.5 Å². The molecule has 4 nitrogen and oxygen atoms in total. The van der Waals surface area contributed by atoms with Crippen LogP contribution in [0.25, 0.3) is 0 Å². The number of nitrogens with one attached hydrogen (secondary N) is 2. The Morgan fingerprint density at radius 2 is 1.90 bits per heavy atom. The Hall–Kier alpha value is -1.39. The maximum atomic E-state index is 12.1. The van der Waals surface area contributed by atoms with E-state index in [4.69, 9.17) is 4.74 Å². The molecule has 1 aliphatic heterocycles. The fourth-order valence-electron chi connectivity index (χ4n) is 3.25. The highest BCUT2D eigenvalue weighted by Gasteiger charge is 2.35.